The van der Waals surface area contributed by atoms with Crippen molar-refractivity contribution < 1.29 is 19.4 Å². The van der Waals surface area contributed by atoms with Gasteiger partial charge in [-0.15, -0.1) is 0 Å². The summed E-state index contributed by atoms with van der Waals surface area (Å²) >= 11 is 0. The van der Waals surface area contributed by atoms with Crippen molar-refractivity contribution in [1.82, 2.24) is 5.32 Å². The van der Waals surface area contributed by atoms with E-state index in [1.54, 1.807) is 18.2 Å². The molecular formula is C15H21NO4. The number of rotatable bonds is 8. The summed E-state index contributed by atoms with van der Waals surface area (Å²) in [4.78, 5) is 22.6. The van der Waals surface area contributed by atoms with E-state index in [2.05, 4.69) is 5.32 Å². The maximum absolute atomic E-state index is 12.1. The molecule has 1 aromatic carbocycles. The van der Waals surface area contributed by atoms with Crippen LogP contribution >= 0.6 is 0 Å². The monoisotopic (exact) mass is 279 g/mol. The predicted molar refractivity (Wildman–Crippen MR) is 76.0 cm³/mol. The summed E-state index contributed by atoms with van der Waals surface area (Å²) in [6.45, 7) is 4.73. The number of carboxylic acids is 1. The molecule has 2 N–H and O–H groups in total. The normalized spacial score (nSPS) is 11.7. The molecule has 20 heavy (non-hydrogen) atoms. The Bertz CT molecular complexity index is 459. The number of hydrogen-bond acceptors (Lipinski definition) is 3. The van der Waals surface area contributed by atoms with E-state index in [4.69, 9.17) is 9.84 Å². The minimum absolute atomic E-state index is 0.118. The zero-order valence-electron chi connectivity index (χ0n) is 11.9. The molecule has 1 atom stereocenters. The number of ether oxygens (including phenoxy) is 1. The van der Waals surface area contributed by atoms with Crippen molar-refractivity contribution in [1.29, 1.82) is 0 Å². The van der Waals surface area contributed by atoms with Crippen molar-refractivity contribution in [2.75, 3.05) is 13.2 Å². The molecule has 0 aliphatic rings. The molecule has 0 aliphatic heterocycles. The van der Waals surface area contributed by atoms with Crippen LogP contribution in [0.1, 0.15) is 37.0 Å². The Hall–Kier alpha value is -2.04. The van der Waals surface area contributed by atoms with Crippen LogP contribution in [0.3, 0.4) is 0 Å². The quantitative estimate of drug-likeness (QED) is 0.765. The molecule has 1 rings (SSSR count). The van der Waals surface area contributed by atoms with Crippen LogP contribution in [0.25, 0.3) is 0 Å². The number of hydrogen-bond donors (Lipinski definition) is 2. The average molecular weight is 279 g/mol. The zero-order valence-corrected chi connectivity index (χ0v) is 11.9. The number of carbonyl (C=O) groups excluding carboxylic acids is 1. The second kappa shape index (κ2) is 8.19. The van der Waals surface area contributed by atoms with Crippen LogP contribution in [-0.2, 0) is 4.79 Å². The zero-order chi connectivity index (χ0) is 15.0. The minimum atomic E-state index is -0.815. The first-order valence-corrected chi connectivity index (χ1v) is 6.76. The first-order chi connectivity index (χ1) is 9.54. The maximum Gasteiger partial charge on any atom is 0.303 e. The van der Waals surface area contributed by atoms with Gasteiger partial charge in [-0.25, -0.2) is 0 Å². The summed E-state index contributed by atoms with van der Waals surface area (Å²) in [7, 11) is 0. The van der Waals surface area contributed by atoms with Crippen LogP contribution < -0.4 is 10.1 Å². The summed E-state index contributed by atoms with van der Waals surface area (Å²) < 4.78 is 5.41. The number of amides is 1. The lowest BCUT2D eigenvalue weighted by Gasteiger charge is -2.13. The Balaban J connectivity index is 2.52. The molecule has 0 fully saturated rings. The third-order valence-corrected chi connectivity index (χ3v) is 2.89. The fraction of sp³-hybridized carbons (Fsp3) is 0.467. The Morgan fingerprint density at radius 1 is 1.35 bits per heavy atom. The lowest BCUT2D eigenvalue weighted by atomic mass is 10.1. The fourth-order valence-electron chi connectivity index (χ4n) is 1.77. The van der Waals surface area contributed by atoms with Gasteiger partial charge in [0.2, 0.25) is 0 Å². The molecule has 5 heteroatoms. The Morgan fingerprint density at radius 3 is 2.70 bits per heavy atom. The van der Waals surface area contributed by atoms with Gasteiger partial charge in [0.05, 0.1) is 12.2 Å². The first-order valence-electron chi connectivity index (χ1n) is 6.76. The number of para-hydroxylation sites is 1. The van der Waals surface area contributed by atoms with E-state index < -0.39 is 5.97 Å². The van der Waals surface area contributed by atoms with Gasteiger partial charge in [-0.05, 0) is 31.4 Å². The van der Waals surface area contributed by atoms with Crippen LogP contribution in [-0.4, -0.2) is 30.1 Å². The summed E-state index contributed by atoms with van der Waals surface area (Å²) in [5.41, 5.74) is 0.500. The molecule has 1 amide bonds. The SMILES string of the molecule is CCOc1ccccc1C(=O)NCC(C)CCC(=O)O. The molecule has 0 heterocycles. The predicted octanol–water partition coefficient (Wildman–Crippen LogP) is 2.32. The van der Waals surface area contributed by atoms with Crippen molar-refractivity contribution in [3.8, 4) is 5.75 Å². The van der Waals surface area contributed by atoms with Gasteiger partial charge in [0.25, 0.3) is 5.91 Å². The Kier molecular flexibility index (Phi) is 6.56. The van der Waals surface area contributed by atoms with E-state index in [-0.39, 0.29) is 18.2 Å². The Labute approximate surface area is 118 Å². The molecule has 0 saturated carbocycles. The molecule has 5 nitrogen and oxygen atoms in total. The summed E-state index contributed by atoms with van der Waals surface area (Å²) in [5, 5.41) is 11.4. The smallest absolute Gasteiger partial charge is 0.303 e. The van der Waals surface area contributed by atoms with E-state index in [9.17, 15) is 9.59 Å². The molecule has 0 bridgehead atoms. The summed E-state index contributed by atoms with van der Waals surface area (Å²) in [6, 6.07) is 7.07. The topological polar surface area (TPSA) is 75.6 Å². The standard InChI is InChI=1S/C15H21NO4/c1-3-20-13-7-5-4-6-12(13)15(19)16-10-11(2)8-9-14(17)18/h4-7,11H,3,8-10H2,1-2H3,(H,16,19)(H,17,18). The molecule has 0 aromatic heterocycles. The molecule has 0 aliphatic carbocycles. The van der Waals surface area contributed by atoms with Gasteiger partial charge in [0.1, 0.15) is 5.75 Å². The number of aliphatic carboxylic acids is 1. The average Bonchev–Trinajstić information content (AvgIpc) is 2.43. The molecule has 110 valence electrons. The minimum Gasteiger partial charge on any atom is -0.493 e. The van der Waals surface area contributed by atoms with E-state index >= 15 is 0 Å². The highest BCUT2D eigenvalue weighted by atomic mass is 16.5. The van der Waals surface area contributed by atoms with Gasteiger partial charge in [0, 0.05) is 13.0 Å². The van der Waals surface area contributed by atoms with Crippen molar-refractivity contribution in [3.05, 3.63) is 29.8 Å². The number of nitrogens with one attached hydrogen (secondary N) is 1. The lowest BCUT2D eigenvalue weighted by Crippen LogP contribution is -2.28. The Morgan fingerprint density at radius 2 is 2.05 bits per heavy atom. The van der Waals surface area contributed by atoms with Crippen LogP contribution in [0.4, 0.5) is 0 Å². The number of benzene rings is 1. The van der Waals surface area contributed by atoms with Gasteiger partial charge in [-0.1, -0.05) is 19.1 Å². The van der Waals surface area contributed by atoms with Crippen LogP contribution in [0.5, 0.6) is 5.75 Å². The van der Waals surface area contributed by atoms with Crippen LogP contribution in [0.2, 0.25) is 0 Å². The van der Waals surface area contributed by atoms with E-state index in [1.165, 1.54) is 0 Å². The highest BCUT2D eigenvalue weighted by Gasteiger charge is 2.13. The lowest BCUT2D eigenvalue weighted by molar-refractivity contribution is -0.137. The third-order valence-electron chi connectivity index (χ3n) is 2.89. The van der Waals surface area contributed by atoms with Gasteiger partial charge < -0.3 is 15.2 Å². The van der Waals surface area contributed by atoms with Crippen molar-refractivity contribution in [2.45, 2.75) is 26.7 Å². The second-order valence-corrected chi connectivity index (χ2v) is 4.68. The number of carbonyl (C=O) groups is 2. The highest BCUT2D eigenvalue weighted by Crippen LogP contribution is 2.17. The number of carboxylic acid groups (broad SMARTS) is 1. The van der Waals surface area contributed by atoms with Crippen molar-refractivity contribution in [3.63, 3.8) is 0 Å². The summed E-state index contributed by atoms with van der Waals surface area (Å²) in [6.07, 6.45) is 0.662. The molecule has 0 saturated heterocycles. The summed E-state index contributed by atoms with van der Waals surface area (Å²) in [5.74, 6) is -0.332. The molecule has 0 radical (unpaired) electrons. The van der Waals surface area contributed by atoms with E-state index in [0.29, 0.717) is 30.9 Å². The highest BCUT2D eigenvalue weighted by molar-refractivity contribution is 5.96. The van der Waals surface area contributed by atoms with Gasteiger partial charge >= 0.3 is 5.97 Å². The maximum atomic E-state index is 12.1. The van der Waals surface area contributed by atoms with Gasteiger partial charge in [0.15, 0.2) is 0 Å². The van der Waals surface area contributed by atoms with Crippen molar-refractivity contribution in [2.24, 2.45) is 5.92 Å². The second-order valence-electron chi connectivity index (χ2n) is 4.68. The third kappa shape index (κ3) is 5.30. The first kappa shape index (κ1) is 16.0. The van der Waals surface area contributed by atoms with E-state index in [1.807, 2.05) is 19.9 Å². The molecular weight excluding hydrogens is 258 g/mol. The molecule has 1 unspecified atom stereocenters. The molecule has 0 spiro atoms. The largest absolute Gasteiger partial charge is 0.493 e. The van der Waals surface area contributed by atoms with Gasteiger partial charge in [-0.2, -0.15) is 0 Å². The fourth-order valence-corrected chi connectivity index (χ4v) is 1.77. The van der Waals surface area contributed by atoms with Gasteiger partial charge in [-0.3, -0.25) is 9.59 Å². The van der Waals surface area contributed by atoms with E-state index in [0.717, 1.165) is 0 Å². The molecule has 1 aromatic rings. The van der Waals surface area contributed by atoms with Crippen LogP contribution in [0.15, 0.2) is 24.3 Å². The van der Waals surface area contributed by atoms with Crippen molar-refractivity contribution >= 4 is 11.9 Å². The van der Waals surface area contributed by atoms with Crippen LogP contribution in [0, 0.1) is 5.92 Å².